The summed E-state index contributed by atoms with van der Waals surface area (Å²) in [5.74, 6) is 1.56. The molecule has 4 nitrogen and oxygen atoms in total. The van der Waals surface area contributed by atoms with Gasteiger partial charge in [0.05, 0.1) is 0 Å². The summed E-state index contributed by atoms with van der Waals surface area (Å²) in [6, 6.07) is 15.3. The number of nitrogens with zero attached hydrogens (tertiary/aromatic N) is 1. The lowest BCUT2D eigenvalue weighted by Gasteiger charge is -2.17. The van der Waals surface area contributed by atoms with E-state index in [0.717, 1.165) is 17.2 Å². The van der Waals surface area contributed by atoms with E-state index < -0.39 is 0 Å². The molecular weight excluding hydrogens is 322 g/mol. The third-order valence-corrected chi connectivity index (χ3v) is 4.81. The van der Waals surface area contributed by atoms with Crippen LogP contribution in [0.15, 0.2) is 48.5 Å². The number of hydrogen-bond acceptors (Lipinski definition) is 4. The van der Waals surface area contributed by atoms with E-state index in [4.69, 9.17) is 4.74 Å². The molecule has 0 bridgehead atoms. The molecule has 1 aliphatic heterocycles. The zero-order chi connectivity index (χ0) is 17.1. The second kappa shape index (κ2) is 7.09. The van der Waals surface area contributed by atoms with E-state index in [0.29, 0.717) is 13.0 Å². The van der Waals surface area contributed by atoms with Crippen LogP contribution in [0.4, 0.5) is 5.69 Å². The number of amides is 1. The average molecular weight is 341 g/mol. The summed E-state index contributed by atoms with van der Waals surface area (Å²) in [6.07, 6.45) is 0.409. The number of thioether (sulfide) groups is 1. The standard InChI is InChI=1S/C19H19NO3S/c1-13-3-7-16(8-4-13)23-17-9-5-15(6-10-17)20-12-18(11-19(20)22)24-14(2)21/h3-10,18H,11-12H2,1-2H3. The van der Waals surface area contributed by atoms with Gasteiger partial charge in [0.1, 0.15) is 11.5 Å². The van der Waals surface area contributed by atoms with Gasteiger partial charge >= 0.3 is 0 Å². The van der Waals surface area contributed by atoms with Crippen LogP contribution in [0, 0.1) is 6.92 Å². The number of anilines is 1. The number of carbonyl (C=O) groups is 2. The normalized spacial score (nSPS) is 17.2. The lowest BCUT2D eigenvalue weighted by atomic mass is 10.2. The Hall–Kier alpha value is -2.27. The van der Waals surface area contributed by atoms with Crippen LogP contribution in [0.3, 0.4) is 0 Å². The van der Waals surface area contributed by atoms with Crippen LogP contribution >= 0.6 is 11.8 Å². The second-order valence-electron chi connectivity index (χ2n) is 5.85. The minimum absolute atomic E-state index is 0.0403. The second-order valence-corrected chi connectivity index (χ2v) is 7.33. The molecule has 0 aliphatic carbocycles. The first-order valence-electron chi connectivity index (χ1n) is 7.83. The molecule has 24 heavy (non-hydrogen) atoms. The van der Waals surface area contributed by atoms with Gasteiger partial charge in [0.25, 0.3) is 0 Å². The maximum Gasteiger partial charge on any atom is 0.228 e. The molecule has 124 valence electrons. The third kappa shape index (κ3) is 3.97. The van der Waals surface area contributed by atoms with Gasteiger partial charge in [-0.1, -0.05) is 29.5 Å². The van der Waals surface area contributed by atoms with Crippen LogP contribution in [-0.2, 0) is 9.59 Å². The number of rotatable bonds is 4. The fraction of sp³-hybridized carbons (Fsp3) is 0.263. The van der Waals surface area contributed by atoms with Crippen LogP contribution in [0.5, 0.6) is 11.5 Å². The van der Waals surface area contributed by atoms with E-state index in [1.54, 1.807) is 4.90 Å². The highest BCUT2D eigenvalue weighted by Gasteiger charge is 2.31. The number of aryl methyl sites for hydroxylation is 1. The minimum Gasteiger partial charge on any atom is -0.457 e. The van der Waals surface area contributed by atoms with Crippen molar-refractivity contribution in [3.05, 3.63) is 54.1 Å². The van der Waals surface area contributed by atoms with Crippen molar-refractivity contribution in [3.63, 3.8) is 0 Å². The summed E-state index contributed by atoms with van der Waals surface area (Å²) < 4.78 is 5.80. The molecule has 1 saturated heterocycles. The van der Waals surface area contributed by atoms with Gasteiger partial charge in [-0.25, -0.2) is 0 Å². The molecule has 0 spiro atoms. The molecule has 3 rings (SSSR count). The Balaban J connectivity index is 1.67. The minimum atomic E-state index is 0.0403. The largest absolute Gasteiger partial charge is 0.457 e. The lowest BCUT2D eigenvalue weighted by Crippen LogP contribution is -2.24. The van der Waals surface area contributed by atoms with E-state index in [1.807, 2.05) is 55.5 Å². The van der Waals surface area contributed by atoms with E-state index in [-0.39, 0.29) is 16.3 Å². The van der Waals surface area contributed by atoms with Gasteiger partial charge in [0, 0.05) is 30.8 Å². The molecule has 2 aromatic rings. The number of benzene rings is 2. The fourth-order valence-corrected chi connectivity index (χ4v) is 3.59. The van der Waals surface area contributed by atoms with E-state index in [2.05, 4.69) is 0 Å². The summed E-state index contributed by atoms with van der Waals surface area (Å²) in [6.45, 7) is 4.14. The summed E-state index contributed by atoms with van der Waals surface area (Å²) in [7, 11) is 0. The molecule has 1 fully saturated rings. The van der Waals surface area contributed by atoms with Gasteiger partial charge in [0.2, 0.25) is 5.91 Å². The molecule has 1 amide bonds. The molecule has 1 heterocycles. The first-order valence-corrected chi connectivity index (χ1v) is 8.71. The highest BCUT2D eigenvalue weighted by Crippen LogP contribution is 2.30. The van der Waals surface area contributed by atoms with Gasteiger partial charge in [-0.15, -0.1) is 0 Å². The molecule has 0 aromatic heterocycles. The smallest absolute Gasteiger partial charge is 0.228 e. The van der Waals surface area contributed by atoms with Crippen LogP contribution in [-0.4, -0.2) is 22.8 Å². The number of hydrogen-bond donors (Lipinski definition) is 0. The molecule has 5 heteroatoms. The highest BCUT2D eigenvalue weighted by atomic mass is 32.2. The van der Waals surface area contributed by atoms with Gasteiger partial charge in [-0.3, -0.25) is 9.59 Å². The predicted molar refractivity (Wildman–Crippen MR) is 96.7 cm³/mol. The van der Waals surface area contributed by atoms with Crippen molar-refractivity contribution in [1.82, 2.24) is 0 Å². The zero-order valence-corrected chi connectivity index (χ0v) is 14.5. The molecule has 0 radical (unpaired) electrons. The van der Waals surface area contributed by atoms with Crippen LogP contribution in [0.2, 0.25) is 0 Å². The average Bonchev–Trinajstić information content (AvgIpc) is 2.90. The molecule has 1 atom stereocenters. The van der Waals surface area contributed by atoms with Crippen LogP contribution in [0.1, 0.15) is 18.9 Å². The van der Waals surface area contributed by atoms with Crippen molar-refractivity contribution >= 4 is 28.5 Å². The van der Waals surface area contributed by atoms with Crippen LogP contribution in [0.25, 0.3) is 0 Å². The van der Waals surface area contributed by atoms with E-state index in [9.17, 15) is 9.59 Å². The monoisotopic (exact) mass is 341 g/mol. The zero-order valence-electron chi connectivity index (χ0n) is 13.7. The highest BCUT2D eigenvalue weighted by molar-refractivity contribution is 8.14. The van der Waals surface area contributed by atoms with E-state index >= 15 is 0 Å². The first-order chi connectivity index (χ1) is 11.5. The maximum atomic E-state index is 12.1. The van der Waals surface area contributed by atoms with Crippen molar-refractivity contribution in [2.45, 2.75) is 25.5 Å². The Morgan fingerprint density at radius 3 is 2.25 bits per heavy atom. The van der Waals surface area contributed by atoms with Gasteiger partial charge in [0.15, 0.2) is 5.12 Å². The first kappa shape index (κ1) is 16.6. The summed E-state index contributed by atoms with van der Waals surface area (Å²) in [5.41, 5.74) is 2.02. The summed E-state index contributed by atoms with van der Waals surface area (Å²) >= 11 is 1.24. The quantitative estimate of drug-likeness (QED) is 0.837. The molecule has 0 N–H and O–H groups in total. The Kier molecular flexibility index (Phi) is 4.90. The van der Waals surface area contributed by atoms with Crippen LogP contribution < -0.4 is 9.64 Å². The van der Waals surface area contributed by atoms with Crippen molar-refractivity contribution in [1.29, 1.82) is 0 Å². The number of carbonyl (C=O) groups excluding carboxylic acids is 2. The van der Waals surface area contributed by atoms with Crippen molar-refractivity contribution < 1.29 is 14.3 Å². The molecule has 2 aromatic carbocycles. The SMILES string of the molecule is CC(=O)SC1CC(=O)N(c2ccc(Oc3ccc(C)cc3)cc2)C1. The Bertz CT molecular complexity index is 740. The van der Waals surface area contributed by atoms with Gasteiger partial charge in [-0.05, 0) is 43.3 Å². The Labute approximate surface area is 145 Å². The maximum absolute atomic E-state index is 12.1. The summed E-state index contributed by atoms with van der Waals surface area (Å²) in [5, 5.41) is 0.0926. The Morgan fingerprint density at radius 1 is 1.08 bits per heavy atom. The van der Waals surface area contributed by atoms with Crippen molar-refractivity contribution in [2.75, 3.05) is 11.4 Å². The van der Waals surface area contributed by atoms with Gasteiger partial charge < -0.3 is 9.64 Å². The number of ether oxygens (including phenoxy) is 1. The molecule has 1 unspecified atom stereocenters. The van der Waals surface area contributed by atoms with E-state index in [1.165, 1.54) is 24.2 Å². The predicted octanol–water partition coefficient (Wildman–Crippen LogP) is 4.17. The fourth-order valence-electron chi connectivity index (χ4n) is 2.67. The molecular formula is C19H19NO3S. The summed E-state index contributed by atoms with van der Waals surface area (Å²) in [4.78, 5) is 25.1. The van der Waals surface area contributed by atoms with Crippen molar-refractivity contribution in [3.8, 4) is 11.5 Å². The van der Waals surface area contributed by atoms with Gasteiger partial charge in [-0.2, -0.15) is 0 Å². The molecule has 0 saturated carbocycles. The lowest BCUT2D eigenvalue weighted by molar-refractivity contribution is -0.117. The topological polar surface area (TPSA) is 46.6 Å². The Morgan fingerprint density at radius 2 is 1.67 bits per heavy atom. The van der Waals surface area contributed by atoms with Crippen molar-refractivity contribution in [2.24, 2.45) is 0 Å². The molecule has 1 aliphatic rings. The third-order valence-electron chi connectivity index (χ3n) is 3.83.